The third kappa shape index (κ3) is 4.98. The first kappa shape index (κ1) is 23.2. The van der Waals surface area contributed by atoms with Gasteiger partial charge in [-0.05, 0) is 74.2 Å². The van der Waals surface area contributed by atoms with Gasteiger partial charge >= 0.3 is 6.18 Å². The maximum Gasteiger partial charge on any atom is 0.435 e. The van der Waals surface area contributed by atoms with Crippen molar-refractivity contribution in [3.8, 4) is 5.69 Å². The Hall–Kier alpha value is -3.52. The molecule has 1 N–H and O–H groups in total. The van der Waals surface area contributed by atoms with Crippen LogP contribution in [0.4, 0.5) is 18.9 Å². The van der Waals surface area contributed by atoms with Crippen LogP contribution in [0.3, 0.4) is 0 Å². The van der Waals surface area contributed by atoms with Gasteiger partial charge in [0.15, 0.2) is 5.69 Å². The predicted molar refractivity (Wildman–Crippen MR) is 130 cm³/mol. The van der Waals surface area contributed by atoms with Crippen LogP contribution in [0.15, 0.2) is 88.7 Å². The van der Waals surface area contributed by atoms with E-state index in [1.165, 1.54) is 4.68 Å². The summed E-state index contributed by atoms with van der Waals surface area (Å²) >= 11 is 1.55. The van der Waals surface area contributed by atoms with Crippen LogP contribution in [-0.2, 0) is 19.0 Å². The van der Waals surface area contributed by atoms with Crippen molar-refractivity contribution in [2.75, 3.05) is 5.32 Å². The van der Waals surface area contributed by atoms with Gasteiger partial charge in [0.2, 0.25) is 0 Å². The van der Waals surface area contributed by atoms with Crippen molar-refractivity contribution in [1.82, 2.24) is 9.78 Å². The molecule has 0 saturated heterocycles. The van der Waals surface area contributed by atoms with E-state index in [9.17, 15) is 18.0 Å². The number of hydrogen-bond donors (Lipinski definition) is 1. The summed E-state index contributed by atoms with van der Waals surface area (Å²) in [5, 5.41) is 6.86. The predicted octanol–water partition coefficient (Wildman–Crippen LogP) is 7.17. The summed E-state index contributed by atoms with van der Waals surface area (Å²) in [4.78, 5) is 14.9. The lowest BCUT2D eigenvalue weighted by atomic mass is 9.95. The molecule has 178 valence electrons. The van der Waals surface area contributed by atoms with E-state index in [-0.39, 0.29) is 11.5 Å². The molecule has 4 aromatic rings. The molecule has 1 aliphatic rings. The van der Waals surface area contributed by atoms with Gasteiger partial charge in [0.1, 0.15) is 0 Å². The maximum absolute atomic E-state index is 13.5. The molecule has 1 amide bonds. The van der Waals surface area contributed by atoms with Crippen LogP contribution < -0.4 is 5.32 Å². The SMILES string of the molecule is O=C(Nc1ccccc1Sc1ccccc1)c1ccc(-n2nc(C(F)(F)F)c3c2CCCC3)cc1. The number of carbonyl (C=O) groups is 1. The lowest BCUT2D eigenvalue weighted by Gasteiger charge is -2.15. The van der Waals surface area contributed by atoms with Crippen molar-refractivity contribution in [1.29, 1.82) is 0 Å². The second-order valence-corrected chi connectivity index (χ2v) is 9.42. The molecule has 0 saturated carbocycles. The Labute approximate surface area is 205 Å². The minimum Gasteiger partial charge on any atom is -0.321 e. The molecule has 0 atom stereocenters. The Bertz CT molecular complexity index is 1350. The van der Waals surface area contributed by atoms with Crippen LogP contribution in [0.2, 0.25) is 0 Å². The Balaban J connectivity index is 1.37. The first-order valence-corrected chi connectivity index (χ1v) is 12.1. The molecule has 0 fully saturated rings. The van der Waals surface area contributed by atoms with Crippen LogP contribution in [0, 0.1) is 0 Å². The number of benzene rings is 3. The number of fused-ring (bicyclic) bond motifs is 1. The highest BCUT2D eigenvalue weighted by molar-refractivity contribution is 7.99. The smallest absolute Gasteiger partial charge is 0.321 e. The van der Waals surface area contributed by atoms with Gasteiger partial charge in [0.25, 0.3) is 5.91 Å². The van der Waals surface area contributed by atoms with E-state index in [2.05, 4.69) is 10.4 Å². The topological polar surface area (TPSA) is 46.9 Å². The molecule has 1 aliphatic carbocycles. The van der Waals surface area contributed by atoms with Crippen LogP contribution in [0.25, 0.3) is 5.69 Å². The van der Waals surface area contributed by atoms with E-state index >= 15 is 0 Å². The Kier molecular flexibility index (Phi) is 6.38. The molecule has 1 aromatic heterocycles. The molecule has 8 heteroatoms. The molecule has 0 spiro atoms. The summed E-state index contributed by atoms with van der Waals surface area (Å²) in [5.74, 6) is -0.295. The van der Waals surface area contributed by atoms with Crippen molar-refractivity contribution in [3.63, 3.8) is 0 Å². The number of halogens is 3. The third-order valence-electron chi connectivity index (χ3n) is 5.93. The van der Waals surface area contributed by atoms with E-state index in [0.29, 0.717) is 35.5 Å². The monoisotopic (exact) mass is 493 g/mol. The lowest BCUT2D eigenvalue weighted by Crippen LogP contribution is -2.13. The minimum atomic E-state index is -4.49. The second-order valence-electron chi connectivity index (χ2n) is 8.30. The molecule has 3 aromatic carbocycles. The maximum atomic E-state index is 13.5. The number of para-hydroxylation sites is 1. The molecule has 0 radical (unpaired) electrons. The van der Waals surface area contributed by atoms with Gasteiger partial charge < -0.3 is 5.32 Å². The summed E-state index contributed by atoms with van der Waals surface area (Å²) in [7, 11) is 0. The largest absolute Gasteiger partial charge is 0.435 e. The van der Waals surface area contributed by atoms with Crippen molar-refractivity contribution >= 4 is 23.4 Å². The molecular formula is C27H22F3N3OS. The fourth-order valence-electron chi connectivity index (χ4n) is 4.26. The van der Waals surface area contributed by atoms with Crippen molar-refractivity contribution < 1.29 is 18.0 Å². The van der Waals surface area contributed by atoms with Crippen molar-refractivity contribution in [3.05, 3.63) is 101 Å². The Morgan fingerprint density at radius 1 is 0.886 bits per heavy atom. The zero-order valence-corrected chi connectivity index (χ0v) is 19.5. The van der Waals surface area contributed by atoms with Crippen LogP contribution in [0.5, 0.6) is 0 Å². The van der Waals surface area contributed by atoms with E-state index in [1.54, 1.807) is 36.0 Å². The highest BCUT2D eigenvalue weighted by Crippen LogP contribution is 2.37. The van der Waals surface area contributed by atoms with Gasteiger partial charge in [-0.15, -0.1) is 0 Å². The zero-order valence-electron chi connectivity index (χ0n) is 18.7. The molecule has 35 heavy (non-hydrogen) atoms. The Morgan fingerprint density at radius 3 is 2.31 bits per heavy atom. The van der Waals surface area contributed by atoms with Gasteiger partial charge in [-0.1, -0.05) is 42.1 Å². The van der Waals surface area contributed by atoms with Crippen LogP contribution in [0.1, 0.15) is 40.2 Å². The van der Waals surface area contributed by atoms with Gasteiger partial charge in [-0.25, -0.2) is 4.68 Å². The van der Waals surface area contributed by atoms with Gasteiger partial charge in [-0.2, -0.15) is 18.3 Å². The van der Waals surface area contributed by atoms with E-state index < -0.39 is 11.9 Å². The number of aromatic nitrogens is 2. The molecule has 5 rings (SSSR count). The summed E-state index contributed by atoms with van der Waals surface area (Å²) < 4.78 is 41.9. The van der Waals surface area contributed by atoms with E-state index in [0.717, 1.165) is 22.6 Å². The highest BCUT2D eigenvalue weighted by atomic mass is 32.2. The number of amides is 1. The summed E-state index contributed by atoms with van der Waals surface area (Å²) in [6.07, 6.45) is -2.00. The lowest BCUT2D eigenvalue weighted by molar-refractivity contribution is -0.142. The summed E-state index contributed by atoms with van der Waals surface area (Å²) in [5.41, 5.74) is 1.69. The average molecular weight is 494 g/mol. The molecule has 4 nitrogen and oxygen atoms in total. The molecule has 0 unspecified atom stereocenters. The minimum absolute atomic E-state index is 0.290. The third-order valence-corrected chi connectivity index (χ3v) is 7.01. The Morgan fingerprint density at radius 2 is 1.57 bits per heavy atom. The van der Waals surface area contributed by atoms with Crippen LogP contribution in [-0.4, -0.2) is 15.7 Å². The van der Waals surface area contributed by atoms with Crippen molar-refractivity contribution in [2.45, 2.75) is 41.7 Å². The van der Waals surface area contributed by atoms with Gasteiger partial charge in [0.05, 0.1) is 11.4 Å². The number of nitrogens with zero attached hydrogens (tertiary/aromatic N) is 2. The molecule has 1 heterocycles. The highest BCUT2D eigenvalue weighted by Gasteiger charge is 2.39. The van der Waals surface area contributed by atoms with E-state index in [1.807, 2.05) is 54.6 Å². The normalized spacial score (nSPS) is 13.3. The first-order chi connectivity index (χ1) is 16.9. The number of nitrogens with one attached hydrogen (secondary N) is 1. The first-order valence-electron chi connectivity index (χ1n) is 11.3. The number of carbonyl (C=O) groups excluding carboxylic acids is 1. The zero-order chi connectivity index (χ0) is 24.4. The average Bonchev–Trinajstić information content (AvgIpc) is 3.26. The van der Waals surface area contributed by atoms with E-state index in [4.69, 9.17) is 0 Å². The summed E-state index contributed by atoms with van der Waals surface area (Å²) in [6, 6.07) is 23.9. The standard InChI is InChI=1S/C27H22F3N3OS/c28-27(29,30)25-21-10-4-6-12-23(21)33(32-25)19-16-14-18(15-17-19)26(34)31-22-11-5-7-13-24(22)35-20-8-2-1-3-9-20/h1-3,5,7-9,11,13-17H,4,6,10,12H2,(H,31,34). The molecular weight excluding hydrogens is 471 g/mol. The van der Waals surface area contributed by atoms with Gasteiger partial charge in [-0.3, -0.25) is 4.79 Å². The van der Waals surface area contributed by atoms with Crippen LogP contribution >= 0.6 is 11.8 Å². The molecule has 0 bridgehead atoms. The number of alkyl halides is 3. The quantitative estimate of drug-likeness (QED) is 0.321. The second kappa shape index (κ2) is 9.62. The summed E-state index contributed by atoms with van der Waals surface area (Å²) in [6.45, 7) is 0. The fraction of sp³-hybridized carbons (Fsp3) is 0.185. The van der Waals surface area contributed by atoms with Crippen molar-refractivity contribution in [2.24, 2.45) is 0 Å². The number of anilines is 1. The number of hydrogen-bond acceptors (Lipinski definition) is 3. The fourth-order valence-corrected chi connectivity index (χ4v) is 5.19. The number of rotatable bonds is 5. The van der Waals surface area contributed by atoms with Gasteiger partial charge in [0, 0.05) is 26.6 Å². The molecule has 0 aliphatic heterocycles.